The van der Waals surface area contributed by atoms with Crippen LogP contribution in [0.5, 0.6) is 11.5 Å². The number of hydrogen-bond donors (Lipinski definition) is 0. The van der Waals surface area contributed by atoms with Crippen LogP contribution >= 0.6 is 0 Å². The molecule has 0 aromatic heterocycles. The zero-order valence-corrected chi connectivity index (χ0v) is 17.5. The van der Waals surface area contributed by atoms with Gasteiger partial charge in [0.1, 0.15) is 11.5 Å². The van der Waals surface area contributed by atoms with Crippen LogP contribution < -0.4 is 9.47 Å². The zero-order valence-electron chi connectivity index (χ0n) is 16.4. The third-order valence-corrected chi connectivity index (χ3v) is 9.12. The number of carbonyl (C=O) groups is 1. The van der Waals surface area contributed by atoms with Crippen molar-refractivity contribution in [1.29, 1.82) is 0 Å². The van der Waals surface area contributed by atoms with E-state index in [-0.39, 0.29) is 11.5 Å². The lowest BCUT2D eigenvalue weighted by molar-refractivity contribution is -0.274. The Balaban J connectivity index is 1.55. The standard InChI is InChI=1S/C22H25F3O3Si/c1-2-13-29-14-11-17(12-15-29)16-3-5-18(6-4-16)21(26)27-19-7-9-20(10-8-19)28-22(23,24)25/h3-10,17,29H,2,11-15H2,1H3/t17-,29-. The van der Waals surface area contributed by atoms with Gasteiger partial charge in [-0.05, 0) is 60.7 Å². The SMILES string of the molecule is CCC[Si@H]1CC[C@H](c2ccc(C(=O)Oc3ccc(OC(F)(F)F)cc3)cc2)CC1. The summed E-state index contributed by atoms with van der Waals surface area (Å²) in [5.74, 6) is -0.173. The van der Waals surface area contributed by atoms with Crippen molar-refractivity contribution in [3.63, 3.8) is 0 Å². The average molecular weight is 423 g/mol. The summed E-state index contributed by atoms with van der Waals surface area (Å²) in [5, 5.41) is 0. The molecule has 1 heterocycles. The Bertz CT molecular complexity index is 796. The van der Waals surface area contributed by atoms with Gasteiger partial charge in [0.2, 0.25) is 0 Å². The molecule has 1 fully saturated rings. The van der Waals surface area contributed by atoms with Gasteiger partial charge in [-0.15, -0.1) is 13.2 Å². The molecule has 0 radical (unpaired) electrons. The minimum absolute atomic E-state index is 0.160. The molecule has 29 heavy (non-hydrogen) atoms. The topological polar surface area (TPSA) is 35.5 Å². The van der Waals surface area contributed by atoms with Crippen LogP contribution in [-0.2, 0) is 0 Å². The average Bonchev–Trinajstić information content (AvgIpc) is 2.69. The maximum absolute atomic E-state index is 12.3. The van der Waals surface area contributed by atoms with Crippen LogP contribution in [0.3, 0.4) is 0 Å². The third-order valence-electron chi connectivity index (χ3n) is 5.43. The monoisotopic (exact) mass is 422 g/mol. The Labute approximate surface area is 170 Å². The summed E-state index contributed by atoms with van der Waals surface area (Å²) in [7, 11) is -0.516. The van der Waals surface area contributed by atoms with Crippen molar-refractivity contribution in [3.8, 4) is 11.5 Å². The number of hydrogen-bond acceptors (Lipinski definition) is 3. The molecule has 2 aromatic carbocycles. The molecule has 0 spiro atoms. The summed E-state index contributed by atoms with van der Waals surface area (Å²) in [6, 6.07) is 16.5. The number of rotatable bonds is 6. The molecule has 1 aliphatic rings. The van der Waals surface area contributed by atoms with E-state index >= 15 is 0 Å². The largest absolute Gasteiger partial charge is 0.573 e. The summed E-state index contributed by atoms with van der Waals surface area (Å²) < 4.78 is 45.6. The fourth-order valence-corrected chi connectivity index (χ4v) is 7.39. The molecule has 7 heteroatoms. The number of benzene rings is 2. The van der Waals surface area contributed by atoms with Crippen molar-refractivity contribution in [2.75, 3.05) is 0 Å². The van der Waals surface area contributed by atoms with Crippen molar-refractivity contribution in [2.24, 2.45) is 0 Å². The minimum Gasteiger partial charge on any atom is -0.423 e. The number of halogens is 3. The Hall–Kier alpha value is -2.28. The molecule has 1 aliphatic heterocycles. The molecule has 3 rings (SSSR count). The van der Waals surface area contributed by atoms with Crippen molar-refractivity contribution in [3.05, 3.63) is 59.7 Å². The first-order valence-corrected chi connectivity index (χ1v) is 12.5. The second-order valence-electron chi connectivity index (χ2n) is 7.54. The fraction of sp³-hybridized carbons (Fsp3) is 0.409. The first-order valence-electron chi connectivity index (χ1n) is 10.0. The lowest BCUT2D eigenvalue weighted by Gasteiger charge is -2.27. The predicted octanol–water partition coefficient (Wildman–Crippen LogP) is 6.32. The van der Waals surface area contributed by atoms with Crippen LogP contribution in [0.25, 0.3) is 0 Å². The molecule has 0 saturated carbocycles. The number of esters is 1. The molecular formula is C22H25F3O3Si. The Kier molecular flexibility index (Phi) is 7.00. The highest BCUT2D eigenvalue weighted by atomic mass is 28.3. The summed E-state index contributed by atoms with van der Waals surface area (Å²) in [4.78, 5) is 12.3. The first kappa shape index (κ1) is 21.4. The molecule has 3 nitrogen and oxygen atoms in total. The molecule has 0 amide bonds. The molecule has 0 unspecified atom stereocenters. The van der Waals surface area contributed by atoms with Crippen LogP contribution in [0.15, 0.2) is 48.5 Å². The Morgan fingerprint density at radius 2 is 1.59 bits per heavy atom. The van der Waals surface area contributed by atoms with Gasteiger partial charge in [0.25, 0.3) is 0 Å². The number of carbonyl (C=O) groups excluding carboxylic acids is 1. The van der Waals surface area contributed by atoms with Crippen LogP contribution in [0.4, 0.5) is 13.2 Å². The van der Waals surface area contributed by atoms with Crippen molar-refractivity contribution < 1.29 is 27.4 Å². The maximum atomic E-state index is 12.3. The predicted molar refractivity (Wildman–Crippen MR) is 108 cm³/mol. The van der Waals surface area contributed by atoms with E-state index < -0.39 is 21.1 Å². The smallest absolute Gasteiger partial charge is 0.423 e. The van der Waals surface area contributed by atoms with E-state index in [4.69, 9.17) is 4.74 Å². The Morgan fingerprint density at radius 1 is 1.00 bits per heavy atom. The molecule has 2 aromatic rings. The van der Waals surface area contributed by atoms with Crippen LogP contribution in [-0.4, -0.2) is 21.1 Å². The Morgan fingerprint density at radius 3 is 2.14 bits per heavy atom. The van der Waals surface area contributed by atoms with E-state index in [9.17, 15) is 18.0 Å². The van der Waals surface area contributed by atoms with Crippen molar-refractivity contribution in [2.45, 2.75) is 56.6 Å². The molecular weight excluding hydrogens is 397 g/mol. The summed E-state index contributed by atoms with van der Waals surface area (Å²) in [5.41, 5.74) is 1.68. The molecule has 0 N–H and O–H groups in total. The van der Waals surface area contributed by atoms with Gasteiger partial charge in [0, 0.05) is 8.80 Å². The third kappa shape index (κ3) is 6.35. The highest BCUT2D eigenvalue weighted by molar-refractivity contribution is 6.59. The second kappa shape index (κ2) is 9.48. The maximum Gasteiger partial charge on any atom is 0.573 e. The summed E-state index contributed by atoms with van der Waals surface area (Å²) in [6.07, 6.45) is -0.964. The molecule has 0 bridgehead atoms. The van der Waals surface area contributed by atoms with E-state index in [1.807, 2.05) is 12.1 Å². The van der Waals surface area contributed by atoms with Crippen LogP contribution in [0.1, 0.15) is 48.0 Å². The highest BCUT2D eigenvalue weighted by Gasteiger charge is 2.31. The molecule has 0 atom stereocenters. The van der Waals surface area contributed by atoms with Crippen molar-refractivity contribution in [1.82, 2.24) is 0 Å². The molecule has 156 valence electrons. The molecule has 1 saturated heterocycles. The highest BCUT2D eigenvalue weighted by Crippen LogP contribution is 2.35. The summed E-state index contributed by atoms with van der Waals surface area (Å²) >= 11 is 0. The van der Waals surface area contributed by atoms with E-state index in [0.717, 1.165) is 12.1 Å². The van der Waals surface area contributed by atoms with E-state index in [2.05, 4.69) is 11.7 Å². The molecule has 0 aliphatic carbocycles. The van der Waals surface area contributed by atoms with Gasteiger partial charge in [0.05, 0.1) is 5.56 Å². The minimum atomic E-state index is -4.75. The van der Waals surface area contributed by atoms with Gasteiger partial charge in [-0.3, -0.25) is 0 Å². The quantitative estimate of drug-likeness (QED) is 0.310. The van der Waals surface area contributed by atoms with Gasteiger partial charge in [0.15, 0.2) is 0 Å². The van der Waals surface area contributed by atoms with E-state index in [1.165, 1.54) is 55.1 Å². The summed E-state index contributed by atoms with van der Waals surface area (Å²) in [6.45, 7) is 2.27. The van der Waals surface area contributed by atoms with E-state index in [1.54, 1.807) is 12.1 Å². The van der Waals surface area contributed by atoms with Crippen LogP contribution in [0, 0.1) is 0 Å². The number of alkyl halides is 3. The van der Waals surface area contributed by atoms with Gasteiger partial charge in [-0.2, -0.15) is 0 Å². The van der Waals surface area contributed by atoms with Crippen molar-refractivity contribution >= 4 is 14.8 Å². The second-order valence-corrected chi connectivity index (χ2v) is 11.0. The number of ether oxygens (including phenoxy) is 2. The zero-order chi connectivity index (χ0) is 20.9. The van der Waals surface area contributed by atoms with E-state index in [0.29, 0.717) is 11.5 Å². The normalized spacial score (nSPS) is 19.6. The van der Waals surface area contributed by atoms with Crippen LogP contribution in [0.2, 0.25) is 18.1 Å². The van der Waals surface area contributed by atoms with Gasteiger partial charge < -0.3 is 9.47 Å². The lowest BCUT2D eigenvalue weighted by Crippen LogP contribution is -2.20. The fourth-order valence-electron chi connectivity index (χ4n) is 3.96. The first-order chi connectivity index (χ1) is 13.8. The lowest BCUT2D eigenvalue weighted by atomic mass is 9.93. The van der Waals surface area contributed by atoms with Gasteiger partial charge in [-0.1, -0.05) is 43.6 Å². The van der Waals surface area contributed by atoms with Gasteiger partial charge in [-0.25, -0.2) is 4.79 Å². The van der Waals surface area contributed by atoms with Gasteiger partial charge >= 0.3 is 12.3 Å².